The van der Waals surface area contributed by atoms with Crippen LogP contribution in [0.1, 0.15) is 32.7 Å². The van der Waals surface area contributed by atoms with Gasteiger partial charge >= 0.3 is 0 Å². The molecule has 7 heteroatoms. The van der Waals surface area contributed by atoms with Gasteiger partial charge in [-0.1, -0.05) is 17.3 Å². The molecule has 0 fully saturated rings. The zero-order valence-corrected chi connectivity index (χ0v) is 18.0. The summed E-state index contributed by atoms with van der Waals surface area (Å²) in [6.45, 7) is 3.86. The van der Waals surface area contributed by atoms with Crippen LogP contribution in [-0.4, -0.2) is 32.5 Å². The Morgan fingerprint density at radius 2 is 1.81 bits per heavy atom. The van der Waals surface area contributed by atoms with Crippen molar-refractivity contribution >= 4 is 22.8 Å². The molecule has 162 valence electrons. The number of aromatic nitrogens is 3. The van der Waals surface area contributed by atoms with Crippen molar-refractivity contribution in [1.29, 1.82) is 0 Å². The van der Waals surface area contributed by atoms with Gasteiger partial charge in [0, 0.05) is 41.2 Å². The van der Waals surface area contributed by atoms with Crippen LogP contribution < -0.4 is 11.1 Å². The third-order valence-electron chi connectivity index (χ3n) is 5.29. The van der Waals surface area contributed by atoms with Gasteiger partial charge < -0.3 is 16.2 Å². The number of aliphatic hydroxyl groups is 1. The average molecular weight is 428 g/mol. The quantitative estimate of drug-likeness (QED) is 0.304. The van der Waals surface area contributed by atoms with E-state index in [1.165, 1.54) is 0 Å². The highest BCUT2D eigenvalue weighted by Crippen LogP contribution is 2.25. The zero-order chi connectivity index (χ0) is 22.7. The number of rotatable bonds is 7. The van der Waals surface area contributed by atoms with Crippen molar-refractivity contribution in [3.8, 4) is 5.69 Å². The van der Waals surface area contributed by atoms with Gasteiger partial charge in [0.15, 0.2) is 5.78 Å². The van der Waals surface area contributed by atoms with Crippen LogP contribution in [0.15, 0.2) is 66.9 Å². The molecule has 0 amide bonds. The topological polar surface area (TPSA) is 106 Å². The molecule has 32 heavy (non-hydrogen) atoms. The molecule has 0 atom stereocenters. The van der Waals surface area contributed by atoms with Crippen molar-refractivity contribution < 1.29 is 9.90 Å². The summed E-state index contributed by atoms with van der Waals surface area (Å²) >= 11 is 0. The van der Waals surface area contributed by atoms with Crippen LogP contribution in [0, 0.1) is 13.8 Å². The smallest absolute Gasteiger partial charge is 0.193 e. The maximum atomic E-state index is 13.4. The monoisotopic (exact) mass is 427 g/mol. The van der Waals surface area contributed by atoms with E-state index in [0.29, 0.717) is 28.9 Å². The fourth-order valence-corrected chi connectivity index (χ4v) is 3.58. The molecule has 4 aromatic rings. The van der Waals surface area contributed by atoms with Crippen LogP contribution >= 0.6 is 0 Å². The van der Waals surface area contributed by atoms with Crippen LogP contribution in [0.25, 0.3) is 5.69 Å². The van der Waals surface area contributed by atoms with Crippen LogP contribution in [0.4, 0.5) is 17.1 Å². The minimum absolute atomic E-state index is 0.0120. The van der Waals surface area contributed by atoms with E-state index in [2.05, 4.69) is 15.6 Å². The molecule has 0 saturated carbocycles. The number of anilines is 3. The van der Waals surface area contributed by atoms with Crippen LogP contribution in [0.2, 0.25) is 0 Å². The van der Waals surface area contributed by atoms with Crippen molar-refractivity contribution in [3.63, 3.8) is 0 Å². The van der Waals surface area contributed by atoms with Gasteiger partial charge in [-0.2, -0.15) is 0 Å². The number of aliphatic hydroxyl groups excluding tert-OH is 1. The normalized spacial score (nSPS) is 10.8. The summed E-state index contributed by atoms with van der Waals surface area (Å²) in [5, 5.41) is 20.6. The molecule has 0 unspecified atom stereocenters. The Kier molecular flexibility index (Phi) is 6.00. The van der Waals surface area contributed by atoms with Crippen molar-refractivity contribution in [1.82, 2.24) is 15.0 Å². The molecule has 0 aliphatic rings. The average Bonchev–Trinajstić information content (AvgIpc) is 3.23. The molecule has 0 aliphatic carbocycles. The lowest BCUT2D eigenvalue weighted by atomic mass is 9.95. The Hall–Kier alpha value is -3.97. The largest absolute Gasteiger partial charge is 0.399 e. The van der Waals surface area contributed by atoms with E-state index in [-0.39, 0.29) is 12.4 Å². The highest BCUT2D eigenvalue weighted by atomic mass is 16.3. The van der Waals surface area contributed by atoms with Crippen molar-refractivity contribution in [2.24, 2.45) is 0 Å². The van der Waals surface area contributed by atoms with Gasteiger partial charge in [-0.15, -0.1) is 5.10 Å². The Morgan fingerprint density at radius 1 is 1.00 bits per heavy atom. The second-order valence-electron chi connectivity index (χ2n) is 7.74. The minimum Gasteiger partial charge on any atom is -0.399 e. The SMILES string of the molecule is Cc1cc(Nc2cccc(N)c2)ccc1C(=O)c1cc(-n2cc(CCO)nn2)ccc1C. The third kappa shape index (κ3) is 4.53. The highest BCUT2D eigenvalue weighted by molar-refractivity contribution is 6.11. The fraction of sp³-hybridized carbons (Fsp3) is 0.160. The predicted octanol–water partition coefficient (Wildman–Crippen LogP) is 3.98. The van der Waals surface area contributed by atoms with E-state index in [1.54, 1.807) is 10.9 Å². The number of aryl methyl sites for hydroxylation is 2. The molecule has 0 aliphatic heterocycles. The lowest BCUT2D eigenvalue weighted by Gasteiger charge is -2.12. The van der Waals surface area contributed by atoms with Gasteiger partial charge in [0.1, 0.15) is 0 Å². The number of nitrogen functional groups attached to an aromatic ring is 1. The van der Waals surface area contributed by atoms with Crippen LogP contribution in [0.5, 0.6) is 0 Å². The molecule has 4 N–H and O–H groups in total. The van der Waals surface area contributed by atoms with Crippen molar-refractivity contribution in [2.45, 2.75) is 20.3 Å². The van der Waals surface area contributed by atoms with E-state index in [9.17, 15) is 4.79 Å². The Labute approximate surface area is 186 Å². The van der Waals surface area contributed by atoms with Gasteiger partial charge in [-0.3, -0.25) is 4.79 Å². The molecule has 0 saturated heterocycles. The first kappa shape index (κ1) is 21.3. The number of hydrogen-bond acceptors (Lipinski definition) is 6. The molecular formula is C25H25N5O2. The standard InChI is InChI=1S/C25H25N5O2/c1-16-6-8-22(30-15-21(10-11-31)28-29-30)14-24(16)25(32)23-9-7-20(12-17(23)2)27-19-5-3-4-18(26)13-19/h3-9,12-15,27,31H,10-11,26H2,1-2H3. The van der Waals surface area contributed by atoms with E-state index >= 15 is 0 Å². The number of carbonyl (C=O) groups is 1. The number of nitrogens with one attached hydrogen (secondary N) is 1. The molecule has 7 nitrogen and oxygen atoms in total. The molecule has 0 spiro atoms. The van der Waals surface area contributed by atoms with Crippen LogP contribution in [-0.2, 0) is 6.42 Å². The van der Waals surface area contributed by atoms with Crippen molar-refractivity contribution in [2.75, 3.05) is 17.7 Å². The predicted molar refractivity (Wildman–Crippen MR) is 126 cm³/mol. The van der Waals surface area contributed by atoms with E-state index in [0.717, 1.165) is 28.2 Å². The number of ketones is 1. The summed E-state index contributed by atoms with van der Waals surface area (Å²) in [5.74, 6) is -0.0481. The van der Waals surface area contributed by atoms with E-state index in [4.69, 9.17) is 10.8 Å². The maximum Gasteiger partial charge on any atom is 0.193 e. The Morgan fingerprint density at radius 3 is 2.56 bits per heavy atom. The number of carbonyl (C=O) groups excluding carboxylic acids is 1. The second kappa shape index (κ2) is 9.03. The van der Waals surface area contributed by atoms with Gasteiger partial charge in [0.05, 0.1) is 17.6 Å². The van der Waals surface area contributed by atoms with Gasteiger partial charge in [0.25, 0.3) is 0 Å². The first-order chi connectivity index (χ1) is 15.4. The third-order valence-corrected chi connectivity index (χ3v) is 5.29. The molecule has 1 heterocycles. The molecule has 1 aromatic heterocycles. The summed E-state index contributed by atoms with van der Waals surface area (Å²) in [5.41, 5.74) is 12.8. The second-order valence-corrected chi connectivity index (χ2v) is 7.74. The van der Waals surface area contributed by atoms with Crippen LogP contribution in [0.3, 0.4) is 0 Å². The molecule has 0 radical (unpaired) electrons. The summed E-state index contributed by atoms with van der Waals surface area (Å²) in [6.07, 6.45) is 2.20. The first-order valence-electron chi connectivity index (χ1n) is 10.4. The summed E-state index contributed by atoms with van der Waals surface area (Å²) in [6, 6.07) is 18.8. The zero-order valence-electron chi connectivity index (χ0n) is 18.0. The molecule has 0 bridgehead atoms. The van der Waals surface area contributed by atoms with E-state index < -0.39 is 0 Å². The van der Waals surface area contributed by atoms with E-state index in [1.807, 2.05) is 74.5 Å². The summed E-state index contributed by atoms with van der Waals surface area (Å²) in [7, 11) is 0. The number of benzene rings is 3. The lowest BCUT2D eigenvalue weighted by Crippen LogP contribution is -2.08. The molecule has 4 rings (SSSR count). The fourth-order valence-electron chi connectivity index (χ4n) is 3.58. The minimum atomic E-state index is -0.0481. The van der Waals surface area contributed by atoms with Gasteiger partial charge in [0.2, 0.25) is 0 Å². The van der Waals surface area contributed by atoms with Gasteiger partial charge in [-0.05, 0) is 73.5 Å². The number of hydrogen-bond donors (Lipinski definition) is 3. The maximum absolute atomic E-state index is 13.4. The summed E-state index contributed by atoms with van der Waals surface area (Å²) < 4.78 is 1.62. The Balaban J connectivity index is 1.60. The summed E-state index contributed by atoms with van der Waals surface area (Å²) in [4.78, 5) is 13.4. The van der Waals surface area contributed by atoms with Crippen molar-refractivity contribution in [3.05, 3.63) is 94.8 Å². The molecule has 3 aromatic carbocycles. The number of nitrogens with zero attached hydrogens (tertiary/aromatic N) is 3. The lowest BCUT2D eigenvalue weighted by molar-refractivity contribution is 0.103. The highest BCUT2D eigenvalue weighted by Gasteiger charge is 2.16. The first-order valence-corrected chi connectivity index (χ1v) is 10.4. The molecular weight excluding hydrogens is 402 g/mol. The Bertz CT molecular complexity index is 1280. The van der Waals surface area contributed by atoms with Gasteiger partial charge in [-0.25, -0.2) is 4.68 Å². The number of nitrogens with two attached hydrogens (primary N) is 1.